The van der Waals surface area contributed by atoms with Crippen LogP contribution in [-0.2, 0) is 6.42 Å². The maximum atomic E-state index is 10.7. The number of nitrogens with one attached hydrogen (secondary N) is 1. The van der Waals surface area contributed by atoms with Crippen LogP contribution in [0.25, 0.3) is 0 Å². The molecule has 1 aromatic rings. The van der Waals surface area contributed by atoms with Crippen LogP contribution in [0.1, 0.15) is 54.0 Å². The molecular formula is C13H20N2O2S. The van der Waals surface area contributed by atoms with Crippen LogP contribution in [0.3, 0.4) is 0 Å². The highest BCUT2D eigenvalue weighted by atomic mass is 32.1. The van der Waals surface area contributed by atoms with E-state index in [2.05, 4.69) is 10.3 Å². The zero-order valence-corrected chi connectivity index (χ0v) is 11.3. The van der Waals surface area contributed by atoms with E-state index < -0.39 is 5.97 Å². The first-order valence-electron chi connectivity index (χ1n) is 6.67. The second kappa shape index (κ2) is 6.85. The Hall–Kier alpha value is -0.940. The Balaban J connectivity index is 1.72. The molecule has 4 nitrogen and oxygen atoms in total. The fourth-order valence-corrected chi connectivity index (χ4v) is 3.16. The van der Waals surface area contributed by atoms with Gasteiger partial charge in [0.2, 0.25) is 0 Å². The Morgan fingerprint density at radius 3 is 2.72 bits per heavy atom. The molecule has 1 heterocycles. The summed E-state index contributed by atoms with van der Waals surface area (Å²) in [5.74, 6) is -0.936. The molecule has 0 aromatic carbocycles. The summed E-state index contributed by atoms with van der Waals surface area (Å²) in [6.07, 6.45) is 8.78. The van der Waals surface area contributed by atoms with Crippen molar-refractivity contribution in [2.24, 2.45) is 0 Å². The molecule has 18 heavy (non-hydrogen) atoms. The van der Waals surface area contributed by atoms with Gasteiger partial charge in [0.25, 0.3) is 0 Å². The molecule has 1 aliphatic rings. The molecule has 2 N–H and O–H groups in total. The number of nitrogens with zero attached hydrogens (tertiary/aromatic N) is 1. The van der Waals surface area contributed by atoms with Gasteiger partial charge in [-0.3, -0.25) is 0 Å². The van der Waals surface area contributed by atoms with Gasteiger partial charge in [-0.15, -0.1) is 11.3 Å². The highest BCUT2D eigenvalue weighted by Gasteiger charge is 2.12. The lowest BCUT2D eigenvalue weighted by atomic mass is 10.1. The van der Waals surface area contributed by atoms with E-state index in [9.17, 15) is 4.79 Å². The minimum absolute atomic E-state index is 0.171. The third-order valence-corrected chi connectivity index (χ3v) is 4.31. The number of aromatic nitrogens is 1. The average molecular weight is 268 g/mol. The number of thiazole rings is 1. The number of carboxylic acid groups (broad SMARTS) is 1. The first kappa shape index (κ1) is 13.5. The van der Waals surface area contributed by atoms with Gasteiger partial charge >= 0.3 is 5.97 Å². The van der Waals surface area contributed by atoms with Crippen LogP contribution in [-0.4, -0.2) is 28.6 Å². The second-order valence-corrected chi connectivity index (χ2v) is 5.77. The number of aromatic carboxylic acids is 1. The smallest absolute Gasteiger partial charge is 0.355 e. The average Bonchev–Trinajstić information content (AvgIpc) is 2.67. The van der Waals surface area contributed by atoms with E-state index in [1.807, 2.05) is 0 Å². The summed E-state index contributed by atoms with van der Waals surface area (Å²) >= 11 is 1.44. The van der Waals surface area contributed by atoms with Crippen LogP contribution in [0, 0.1) is 0 Å². The number of hydrogen-bond donors (Lipinski definition) is 2. The van der Waals surface area contributed by atoms with Crippen molar-refractivity contribution in [2.75, 3.05) is 6.54 Å². The highest BCUT2D eigenvalue weighted by molar-refractivity contribution is 7.09. The summed E-state index contributed by atoms with van der Waals surface area (Å²) in [7, 11) is 0. The number of rotatable bonds is 5. The predicted molar refractivity (Wildman–Crippen MR) is 72.3 cm³/mol. The van der Waals surface area contributed by atoms with Crippen LogP contribution in [0.4, 0.5) is 0 Å². The molecule has 1 aromatic heterocycles. The fraction of sp³-hybridized carbons (Fsp3) is 0.692. The van der Waals surface area contributed by atoms with Crippen LogP contribution in [0.2, 0.25) is 0 Å². The molecule has 1 aliphatic carbocycles. The van der Waals surface area contributed by atoms with Gasteiger partial charge in [-0.25, -0.2) is 9.78 Å². The predicted octanol–water partition coefficient (Wildman–Crippen LogP) is 2.70. The quantitative estimate of drug-likeness (QED) is 0.806. The molecule has 0 unspecified atom stereocenters. The molecule has 1 saturated carbocycles. The van der Waals surface area contributed by atoms with Crippen molar-refractivity contribution in [3.05, 3.63) is 16.1 Å². The molecule has 2 rings (SSSR count). The molecule has 0 aliphatic heterocycles. The summed E-state index contributed by atoms with van der Waals surface area (Å²) in [6, 6.07) is 0.645. The summed E-state index contributed by atoms with van der Waals surface area (Å²) in [4.78, 5) is 14.8. The lowest BCUT2D eigenvalue weighted by molar-refractivity contribution is 0.0691. The van der Waals surface area contributed by atoms with Gasteiger partial charge in [-0.2, -0.15) is 0 Å². The Bertz CT molecular complexity index is 384. The molecule has 0 bridgehead atoms. The van der Waals surface area contributed by atoms with Crippen LogP contribution in [0.5, 0.6) is 0 Å². The molecule has 0 spiro atoms. The standard InChI is InChI=1S/C13H20N2O2S/c16-13(17)11-9-18-12(15-11)7-8-14-10-5-3-1-2-4-6-10/h9-10,14H,1-8H2,(H,16,17). The Kier molecular flexibility index (Phi) is 5.13. The Morgan fingerprint density at radius 1 is 1.39 bits per heavy atom. The highest BCUT2D eigenvalue weighted by Crippen LogP contribution is 2.17. The van der Waals surface area contributed by atoms with Crippen LogP contribution >= 0.6 is 11.3 Å². The topological polar surface area (TPSA) is 62.2 Å². The van der Waals surface area contributed by atoms with Gasteiger partial charge in [-0.1, -0.05) is 25.7 Å². The van der Waals surface area contributed by atoms with E-state index in [-0.39, 0.29) is 5.69 Å². The lowest BCUT2D eigenvalue weighted by Gasteiger charge is -2.15. The van der Waals surface area contributed by atoms with Gasteiger partial charge in [0.1, 0.15) is 0 Å². The van der Waals surface area contributed by atoms with Crippen LogP contribution in [0.15, 0.2) is 5.38 Å². The van der Waals surface area contributed by atoms with Gasteiger partial charge < -0.3 is 10.4 Å². The number of hydrogen-bond acceptors (Lipinski definition) is 4. The molecule has 0 atom stereocenters. The number of carbonyl (C=O) groups is 1. The maximum Gasteiger partial charge on any atom is 0.355 e. The van der Waals surface area contributed by atoms with E-state index in [0.29, 0.717) is 6.04 Å². The van der Waals surface area contributed by atoms with E-state index in [1.54, 1.807) is 5.38 Å². The molecular weight excluding hydrogens is 248 g/mol. The minimum atomic E-state index is -0.936. The Morgan fingerprint density at radius 2 is 2.11 bits per heavy atom. The van der Waals surface area contributed by atoms with Gasteiger partial charge in [0.05, 0.1) is 5.01 Å². The summed E-state index contributed by atoms with van der Waals surface area (Å²) in [5.41, 5.74) is 0.171. The summed E-state index contributed by atoms with van der Waals surface area (Å²) < 4.78 is 0. The molecule has 1 fully saturated rings. The normalized spacial score (nSPS) is 17.6. The maximum absolute atomic E-state index is 10.7. The Labute approximate surface area is 111 Å². The van der Waals surface area contributed by atoms with E-state index in [1.165, 1.54) is 49.9 Å². The van der Waals surface area contributed by atoms with E-state index >= 15 is 0 Å². The first-order valence-corrected chi connectivity index (χ1v) is 7.55. The summed E-state index contributed by atoms with van der Waals surface area (Å²) in [5, 5.41) is 14.9. The summed E-state index contributed by atoms with van der Waals surface area (Å²) in [6.45, 7) is 0.900. The SMILES string of the molecule is O=C(O)c1csc(CCNC2CCCCCC2)n1. The zero-order valence-electron chi connectivity index (χ0n) is 10.5. The molecule has 5 heteroatoms. The minimum Gasteiger partial charge on any atom is -0.476 e. The third-order valence-electron chi connectivity index (χ3n) is 3.40. The molecule has 0 saturated heterocycles. The van der Waals surface area contributed by atoms with E-state index in [0.717, 1.165) is 18.0 Å². The van der Waals surface area contributed by atoms with Crippen molar-refractivity contribution in [2.45, 2.75) is 51.0 Å². The van der Waals surface area contributed by atoms with Crippen molar-refractivity contribution in [3.63, 3.8) is 0 Å². The van der Waals surface area contributed by atoms with Crippen molar-refractivity contribution in [1.82, 2.24) is 10.3 Å². The van der Waals surface area contributed by atoms with Crippen molar-refractivity contribution in [1.29, 1.82) is 0 Å². The van der Waals surface area contributed by atoms with Gasteiger partial charge in [-0.05, 0) is 12.8 Å². The van der Waals surface area contributed by atoms with Gasteiger partial charge in [0.15, 0.2) is 5.69 Å². The fourth-order valence-electron chi connectivity index (χ4n) is 2.39. The van der Waals surface area contributed by atoms with E-state index in [4.69, 9.17) is 5.11 Å². The first-order chi connectivity index (χ1) is 8.75. The number of carboxylic acids is 1. The molecule has 100 valence electrons. The lowest BCUT2D eigenvalue weighted by Crippen LogP contribution is -2.30. The molecule has 0 amide bonds. The third kappa shape index (κ3) is 4.07. The largest absolute Gasteiger partial charge is 0.476 e. The van der Waals surface area contributed by atoms with Crippen LogP contribution < -0.4 is 5.32 Å². The van der Waals surface area contributed by atoms with Crippen molar-refractivity contribution >= 4 is 17.3 Å². The second-order valence-electron chi connectivity index (χ2n) is 4.82. The van der Waals surface area contributed by atoms with Crippen molar-refractivity contribution in [3.8, 4) is 0 Å². The van der Waals surface area contributed by atoms with Gasteiger partial charge in [0, 0.05) is 24.4 Å². The molecule has 0 radical (unpaired) electrons. The monoisotopic (exact) mass is 268 g/mol. The van der Waals surface area contributed by atoms with Crippen molar-refractivity contribution < 1.29 is 9.90 Å². The zero-order chi connectivity index (χ0) is 12.8.